The fourth-order valence-electron chi connectivity index (χ4n) is 5.19. The summed E-state index contributed by atoms with van der Waals surface area (Å²) in [5, 5.41) is 10.2. The normalized spacial score (nSPS) is 19.8. The number of aryl methyl sites for hydroxylation is 1. The highest BCUT2D eigenvalue weighted by atomic mass is 19.1. The molecule has 1 aliphatic heterocycles. The Balaban J connectivity index is 1.35. The SMILES string of the molecule is COc1ccc2nccc(C(F)CC[C@@H]3CCN(CCCc4ccco4)C[C@@H]3CC(=O)O)c2c1. The Kier molecular flexibility index (Phi) is 8.16. The third kappa shape index (κ3) is 6.14. The number of likely N-dealkylation sites (tertiary alicyclic amines) is 1. The van der Waals surface area contributed by atoms with Gasteiger partial charge in [-0.3, -0.25) is 9.78 Å². The first kappa shape index (κ1) is 24.2. The van der Waals surface area contributed by atoms with Crippen LogP contribution in [0.4, 0.5) is 4.39 Å². The molecule has 0 saturated carbocycles. The van der Waals surface area contributed by atoms with Gasteiger partial charge in [-0.2, -0.15) is 0 Å². The summed E-state index contributed by atoms with van der Waals surface area (Å²) >= 11 is 0. The first-order chi connectivity index (χ1) is 16.5. The zero-order chi connectivity index (χ0) is 23.9. The summed E-state index contributed by atoms with van der Waals surface area (Å²) in [5.74, 6) is 1.12. The zero-order valence-electron chi connectivity index (χ0n) is 19.7. The number of halogens is 1. The maximum atomic E-state index is 15.4. The fourth-order valence-corrected chi connectivity index (χ4v) is 5.19. The number of hydrogen-bond donors (Lipinski definition) is 1. The first-order valence-electron chi connectivity index (χ1n) is 12.1. The minimum Gasteiger partial charge on any atom is -0.497 e. The van der Waals surface area contributed by atoms with Gasteiger partial charge in [0.1, 0.15) is 17.7 Å². The Morgan fingerprint density at radius 3 is 2.97 bits per heavy atom. The molecule has 1 saturated heterocycles. The van der Waals surface area contributed by atoms with Crippen molar-refractivity contribution in [2.75, 3.05) is 26.7 Å². The minimum absolute atomic E-state index is 0.0383. The molecule has 0 aliphatic carbocycles. The number of carboxylic acids is 1. The molecule has 0 spiro atoms. The number of methoxy groups -OCH3 is 1. The molecule has 34 heavy (non-hydrogen) atoms. The highest BCUT2D eigenvalue weighted by Crippen LogP contribution is 2.36. The predicted molar refractivity (Wildman–Crippen MR) is 129 cm³/mol. The number of furan rings is 1. The van der Waals surface area contributed by atoms with Crippen molar-refractivity contribution >= 4 is 16.9 Å². The Labute approximate surface area is 199 Å². The van der Waals surface area contributed by atoms with E-state index in [0.717, 1.165) is 55.6 Å². The van der Waals surface area contributed by atoms with E-state index in [1.54, 1.807) is 25.6 Å². The maximum absolute atomic E-state index is 15.4. The lowest BCUT2D eigenvalue weighted by molar-refractivity contribution is -0.139. The van der Waals surface area contributed by atoms with Gasteiger partial charge in [-0.1, -0.05) is 0 Å². The molecule has 2 aromatic heterocycles. The third-order valence-electron chi connectivity index (χ3n) is 7.00. The third-order valence-corrected chi connectivity index (χ3v) is 7.00. The van der Waals surface area contributed by atoms with Gasteiger partial charge in [-0.25, -0.2) is 4.39 Å². The summed E-state index contributed by atoms with van der Waals surface area (Å²) in [7, 11) is 1.59. The Morgan fingerprint density at radius 2 is 2.21 bits per heavy atom. The number of nitrogens with zero attached hydrogens (tertiary/aromatic N) is 2. The van der Waals surface area contributed by atoms with E-state index in [4.69, 9.17) is 9.15 Å². The van der Waals surface area contributed by atoms with E-state index in [1.165, 1.54) is 0 Å². The van der Waals surface area contributed by atoms with Crippen LogP contribution in [0.3, 0.4) is 0 Å². The van der Waals surface area contributed by atoms with Crippen LogP contribution in [0.2, 0.25) is 0 Å². The minimum atomic E-state index is -1.13. The average Bonchev–Trinajstić information content (AvgIpc) is 3.36. The molecule has 3 atom stereocenters. The fraction of sp³-hybridized carbons (Fsp3) is 0.481. The van der Waals surface area contributed by atoms with Crippen LogP contribution in [-0.4, -0.2) is 47.7 Å². The van der Waals surface area contributed by atoms with Gasteiger partial charge in [0.05, 0.1) is 18.9 Å². The summed E-state index contributed by atoms with van der Waals surface area (Å²) in [6.45, 7) is 2.59. The van der Waals surface area contributed by atoms with Gasteiger partial charge in [0.25, 0.3) is 0 Å². The average molecular weight is 469 g/mol. The monoisotopic (exact) mass is 468 g/mol. The van der Waals surface area contributed by atoms with Crippen LogP contribution in [0.5, 0.6) is 5.75 Å². The standard InChI is InChI=1S/C27H33FN2O4/c1-33-22-7-9-26-24(17-22)23(10-12-29-26)25(28)8-6-19-11-14-30(18-20(19)16-27(31)32)13-2-4-21-5-3-15-34-21/h3,5,7,9-10,12,15,17,19-20,25H,2,4,6,8,11,13-14,16,18H2,1H3,(H,31,32)/t19-,20+,25?/m1/s1. The lowest BCUT2D eigenvalue weighted by Gasteiger charge is -2.38. The molecule has 1 aliphatic rings. The van der Waals surface area contributed by atoms with E-state index in [0.29, 0.717) is 24.2 Å². The van der Waals surface area contributed by atoms with Crippen LogP contribution in [0, 0.1) is 11.8 Å². The van der Waals surface area contributed by atoms with Gasteiger partial charge in [0.15, 0.2) is 0 Å². The molecule has 1 unspecified atom stereocenters. The molecule has 3 aromatic rings. The molecule has 0 amide bonds. The van der Waals surface area contributed by atoms with Gasteiger partial charge in [-0.05, 0) is 92.6 Å². The van der Waals surface area contributed by atoms with E-state index >= 15 is 4.39 Å². The van der Waals surface area contributed by atoms with Gasteiger partial charge >= 0.3 is 5.97 Å². The van der Waals surface area contributed by atoms with Gasteiger partial charge in [0.2, 0.25) is 0 Å². The smallest absolute Gasteiger partial charge is 0.303 e. The molecule has 7 heteroatoms. The van der Waals surface area contributed by atoms with Gasteiger partial charge in [0, 0.05) is 31.0 Å². The number of hydrogen-bond acceptors (Lipinski definition) is 5. The second-order valence-electron chi connectivity index (χ2n) is 9.22. The van der Waals surface area contributed by atoms with Crippen molar-refractivity contribution in [2.45, 2.75) is 44.7 Å². The highest BCUT2D eigenvalue weighted by Gasteiger charge is 2.31. The molecular weight excluding hydrogens is 435 g/mol. The van der Waals surface area contributed by atoms with E-state index < -0.39 is 12.1 Å². The summed E-state index contributed by atoms with van der Waals surface area (Å²) in [6.07, 6.45) is 6.13. The Morgan fingerprint density at radius 1 is 1.32 bits per heavy atom. The summed E-state index contributed by atoms with van der Waals surface area (Å²) < 4.78 is 26.1. The molecule has 1 fully saturated rings. The summed E-state index contributed by atoms with van der Waals surface area (Å²) in [5.41, 5.74) is 1.36. The van der Waals surface area contributed by atoms with Crippen molar-refractivity contribution in [3.8, 4) is 5.75 Å². The molecule has 1 aromatic carbocycles. The van der Waals surface area contributed by atoms with Gasteiger partial charge in [-0.15, -0.1) is 0 Å². The van der Waals surface area contributed by atoms with E-state index in [1.807, 2.05) is 30.3 Å². The lowest BCUT2D eigenvalue weighted by Crippen LogP contribution is -2.42. The molecule has 182 valence electrons. The number of rotatable bonds is 11. The number of benzene rings is 1. The predicted octanol–water partition coefficient (Wildman–Crippen LogP) is 5.67. The van der Waals surface area contributed by atoms with Crippen molar-refractivity contribution in [2.24, 2.45) is 11.8 Å². The maximum Gasteiger partial charge on any atom is 0.303 e. The number of pyridine rings is 1. The van der Waals surface area contributed by atoms with Crippen LogP contribution < -0.4 is 4.74 Å². The number of carbonyl (C=O) groups is 1. The molecule has 0 radical (unpaired) electrons. The largest absolute Gasteiger partial charge is 0.497 e. The van der Waals surface area contributed by atoms with Crippen LogP contribution in [0.1, 0.15) is 49.6 Å². The molecule has 0 bridgehead atoms. The zero-order valence-corrected chi connectivity index (χ0v) is 19.7. The number of aliphatic carboxylic acids is 1. The van der Waals surface area contributed by atoms with Crippen molar-refractivity contribution in [1.29, 1.82) is 0 Å². The molecular formula is C27H33FN2O4. The molecule has 6 nitrogen and oxygen atoms in total. The highest BCUT2D eigenvalue weighted by molar-refractivity contribution is 5.83. The van der Waals surface area contributed by atoms with Crippen molar-refractivity contribution in [3.05, 3.63) is 60.2 Å². The Bertz CT molecular complexity index is 1070. The van der Waals surface area contributed by atoms with Crippen molar-refractivity contribution in [3.63, 3.8) is 0 Å². The van der Waals surface area contributed by atoms with Crippen LogP contribution in [-0.2, 0) is 11.2 Å². The number of aromatic nitrogens is 1. The Hall–Kier alpha value is -2.93. The second-order valence-corrected chi connectivity index (χ2v) is 9.22. The van der Waals surface area contributed by atoms with E-state index in [-0.39, 0.29) is 18.3 Å². The number of piperidine rings is 1. The number of fused-ring (bicyclic) bond motifs is 1. The molecule has 4 rings (SSSR count). The van der Waals surface area contributed by atoms with Crippen LogP contribution >= 0.6 is 0 Å². The summed E-state index contributed by atoms with van der Waals surface area (Å²) in [6, 6.07) is 11.1. The first-order valence-corrected chi connectivity index (χ1v) is 12.1. The van der Waals surface area contributed by atoms with Crippen molar-refractivity contribution < 1.29 is 23.4 Å². The number of carboxylic acid groups (broad SMARTS) is 1. The molecule has 3 heterocycles. The number of ether oxygens (including phenoxy) is 1. The number of alkyl halides is 1. The topological polar surface area (TPSA) is 75.8 Å². The summed E-state index contributed by atoms with van der Waals surface area (Å²) in [4.78, 5) is 18.2. The molecule has 1 N–H and O–H groups in total. The van der Waals surface area contributed by atoms with Gasteiger partial charge < -0.3 is 19.2 Å². The lowest BCUT2D eigenvalue weighted by atomic mass is 9.79. The quantitative estimate of drug-likeness (QED) is 0.391. The van der Waals surface area contributed by atoms with Crippen LogP contribution in [0.15, 0.2) is 53.3 Å². The van der Waals surface area contributed by atoms with Crippen molar-refractivity contribution in [1.82, 2.24) is 9.88 Å². The second kappa shape index (κ2) is 11.5. The van der Waals surface area contributed by atoms with E-state index in [2.05, 4.69) is 9.88 Å². The van der Waals surface area contributed by atoms with E-state index in [9.17, 15) is 9.90 Å². The van der Waals surface area contributed by atoms with Crippen LogP contribution in [0.25, 0.3) is 10.9 Å².